The quantitative estimate of drug-likeness (QED) is 0.613. The van der Waals surface area contributed by atoms with E-state index in [0.29, 0.717) is 12.0 Å². The van der Waals surface area contributed by atoms with Crippen molar-refractivity contribution >= 4 is 0 Å². The molecule has 1 rings (SSSR count). The lowest BCUT2D eigenvalue weighted by atomic mass is 10.2. The van der Waals surface area contributed by atoms with Gasteiger partial charge in [-0.25, -0.2) is 0 Å². The van der Waals surface area contributed by atoms with Gasteiger partial charge in [0.1, 0.15) is 0 Å². The van der Waals surface area contributed by atoms with Crippen molar-refractivity contribution in [2.75, 3.05) is 0 Å². The van der Waals surface area contributed by atoms with Gasteiger partial charge < -0.3 is 9.47 Å². The molecule has 1 heterocycles. The van der Waals surface area contributed by atoms with E-state index < -0.39 is 0 Å². The standard InChI is InChI=1S/C9H18O2/c1-5-8-7(4)10-9(11-8)6(2)3/h6-9H,5H2,1-4H3/t7-,8-,9+/m0/s1. The van der Waals surface area contributed by atoms with Crippen LogP contribution in [-0.4, -0.2) is 18.5 Å². The molecule has 2 heteroatoms. The summed E-state index contributed by atoms with van der Waals surface area (Å²) in [5, 5.41) is 0. The Hall–Kier alpha value is -0.0800. The Labute approximate surface area is 68.9 Å². The molecule has 0 amide bonds. The summed E-state index contributed by atoms with van der Waals surface area (Å²) in [6, 6.07) is 0. The summed E-state index contributed by atoms with van der Waals surface area (Å²) in [5.41, 5.74) is 0. The van der Waals surface area contributed by atoms with Crippen LogP contribution in [0.2, 0.25) is 0 Å². The van der Waals surface area contributed by atoms with Crippen LogP contribution < -0.4 is 0 Å². The topological polar surface area (TPSA) is 18.5 Å². The van der Waals surface area contributed by atoms with Crippen LogP contribution >= 0.6 is 0 Å². The van der Waals surface area contributed by atoms with Gasteiger partial charge in [-0.1, -0.05) is 20.8 Å². The minimum Gasteiger partial charge on any atom is -0.347 e. The number of rotatable bonds is 2. The molecule has 0 N–H and O–H groups in total. The smallest absolute Gasteiger partial charge is 0.160 e. The second-order valence-corrected chi connectivity index (χ2v) is 3.54. The molecule has 0 aromatic carbocycles. The van der Waals surface area contributed by atoms with Gasteiger partial charge in [-0.2, -0.15) is 0 Å². The van der Waals surface area contributed by atoms with Crippen LogP contribution in [0.3, 0.4) is 0 Å². The first-order valence-corrected chi connectivity index (χ1v) is 4.46. The Kier molecular flexibility index (Phi) is 2.90. The van der Waals surface area contributed by atoms with Crippen LogP contribution in [0.15, 0.2) is 0 Å². The van der Waals surface area contributed by atoms with E-state index in [1.165, 1.54) is 0 Å². The second-order valence-electron chi connectivity index (χ2n) is 3.54. The first-order chi connectivity index (χ1) is 5.15. The number of hydrogen-bond acceptors (Lipinski definition) is 2. The molecule has 0 unspecified atom stereocenters. The molecular formula is C9H18O2. The molecule has 11 heavy (non-hydrogen) atoms. The molecule has 0 spiro atoms. The van der Waals surface area contributed by atoms with E-state index in [-0.39, 0.29) is 12.4 Å². The van der Waals surface area contributed by atoms with Crippen molar-refractivity contribution in [1.29, 1.82) is 0 Å². The summed E-state index contributed by atoms with van der Waals surface area (Å²) in [5.74, 6) is 0.467. The monoisotopic (exact) mass is 158 g/mol. The van der Waals surface area contributed by atoms with Gasteiger partial charge in [-0.3, -0.25) is 0 Å². The molecular weight excluding hydrogens is 140 g/mol. The van der Waals surface area contributed by atoms with E-state index in [2.05, 4.69) is 27.7 Å². The average Bonchev–Trinajstić information content (AvgIpc) is 2.31. The third-order valence-electron chi connectivity index (χ3n) is 2.13. The molecule has 0 bridgehead atoms. The lowest BCUT2D eigenvalue weighted by Crippen LogP contribution is -2.17. The van der Waals surface area contributed by atoms with E-state index in [1.54, 1.807) is 0 Å². The molecule has 0 aromatic heterocycles. The Morgan fingerprint density at radius 1 is 1.27 bits per heavy atom. The van der Waals surface area contributed by atoms with Crippen molar-refractivity contribution < 1.29 is 9.47 Å². The molecule has 0 radical (unpaired) electrons. The van der Waals surface area contributed by atoms with Crippen molar-refractivity contribution in [3.63, 3.8) is 0 Å². The summed E-state index contributed by atoms with van der Waals surface area (Å²) in [6.07, 6.45) is 1.65. The molecule has 1 fully saturated rings. The van der Waals surface area contributed by atoms with Crippen LogP contribution in [0.25, 0.3) is 0 Å². The predicted octanol–water partition coefficient (Wildman–Crippen LogP) is 2.18. The molecule has 66 valence electrons. The highest BCUT2D eigenvalue weighted by molar-refractivity contribution is 4.73. The Morgan fingerprint density at radius 2 is 1.91 bits per heavy atom. The predicted molar refractivity (Wildman–Crippen MR) is 44.3 cm³/mol. The third kappa shape index (κ3) is 1.94. The molecule has 0 aliphatic carbocycles. The van der Waals surface area contributed by atoms with E-state index in [9.17, 15) is 0 Å². The number of ether oxygens (including phenoxy) is 2. The highest BCUT2D eigenvalue weighted by atomic mass is 16.7. The molecule has 2 nitrogen and oxygen atoms in total. The molecule has 3 atom stereocenters. The Balaban J connectivity index is 2.43. The summed E-state index contributed by atoms with van der Waals surface area (Å²) in [6.45, 7) is 8.45. The minimum atomic E-state index is 0.0231. The van der Waals surface area contributed by atoms with Crippen molar-refractivity contribution in [2.45, 2.75) is 52.6 Å². The zero-order valence-corrected chi connectivity index (χ0v) is 7.83. The second kappa shape index (κ2) is 3.55. The van der Waals surface area contributed by atoms with Crippen molar-refractivity contribution in [1.82, 2.24) is 0 Å². The van der Waals surface area contributed by atoms with E-state index >= 15 is 0 Å². The van der Waals surface area contributed by atoms with E-state index in [1.807, 2.05) is 0 Å². The zero-order valence-electron chi connectivity index (χ0n) is 7.83. The van der Waals surface area contributed by atoms with E-state index in [0.717, 1.165) is 6.42 Å². The van der Waals surface area contributed by atoms with E-state index in [4.69, 9.17) is 9.47 Å². The zero-order chi connectivity index (χ0) is 8.43. The summed E-state index contributed by atoms with van der Waals surface area (Å²) in [4.78, 5) is 0. The largest absolute Gasteiger partial charge is 0.347 e. The van der Waals surface area contributed by atoms with Gasteiger partial charge >= 0.3 is 0 Å². The van der Waals surface area contributed by atoms with Gasteiger partial charge in [-0.15, -0.1) is 0 Å². The fraction of sp³-hybridized carbons (Fsp3) is 1.00. The molecule has 0 saturated carbocycles. The minimum absolute atomic E-state index is 0.0231. The number of hydrogen-bond donors (Lipinski definition) is 0. The molecule has 1 saturated heterocycles. The van der Waals surface area contributed by atoms with Gasteiger partial charge in [0.2, 0.25) is 0 Å². The van der Waals surface area contributed by atoms with Gasteiger partial charge in [0.25, 0.3) is 0 Å². The highest BCUT2D eigenvalue weighted by Crippen LogP contribution is 2.25. The van der Waals surface area contributed by atoms with Crippen LogP contribution in [0.4, 0.5) is 0 Å². The van der Waals surface area contributed by atoms with Gasteiger partial charge in [-0.05, 0) is 13.3 Å². The van der Waals surface area contributed by atoms with Crippen molar-refractivity contribution in [3.8, 4) is 0 Å². The maximum absolute atomic E-state index is 5.66. The van der Waals surface area contributed by atoms with Crippen LogP contribution in [0, 0.1) is 5.92 Å². The normalized spacial score (nSPS) is 38.5. The van der Waals surface area contributed by atoms with Crippen molar-refractivity contribution in [3.05, 3.63) is 0 Å². The van der Waals surface area contributed by atoms with Crippen LogP contribution in [0.5, 0.6) is 0 Å². The summed E-state index contributed by atoms with van der Waals surface area (Å²) >= 11 is 0. The first kappa shape index (κ1) is 9.01. The van der Waals surface area contributed by atoms with Gasteiger partial charge in [0, 0.05) is 5.92 Å². The third-order valence-corrected chi connectivity index (χ3v) is 2.13. The molecule has 1 aliphatic heterocycles. The fourth-order valence-corrected chi connectivity index (χ4v) is 1.36. The maximum Gasteiger partial charge on any atom is 0.160 e. The maximum atomic E-state index is 5.66. The van der Waals surface area contributed by atoms with Gasteiger partial charge in [0.05, 0.1) is 12.2 Å². The fourth-order valence-electron chi connectivity index (χ4n) is 1.36. The SMILES string of the molecule is CC[C@@H]1O[C@H](C(C)C)O[C@H]1C. The Bertz CT molecular complexity index is 123. The lowest BCUT2D eigenvalue weighted by Gasteiger charge is -2.13. The Morgan fingerprint density at radius 3 is 2.18 bits per heavy atom. The van der Waals surface area contributed by atoms with Gasteiger partial charge in [0.15, 0.2) is 6.29 Å². The van der Waals surface area contributed by atoms with Crippen LogP contribution in [0.1, 0.15) is 34.1 Å². The summed E-state index contributed by atoms with van der Waals surface area (Å²) in [7, 11) is 0. The average molecular weight is 158 g/mol. The van der Waals surface area contributed by atoms with Crippen LogP contribution in [-0.2, 0) is 9.47 Å². The molecule has 1 aliphatic rings. The summed E-state index contributed by atoms with van der Waals surface area (Å²) < 4.78 is 11.3. The molecule has 0 aromatic rings. The van der Waals surface area contributed by atoms with Crippen molar-refractivity contribution in [2.24, 2.45) is 5.92 Å². The first-order valence-electron chi connectivity index (χ1n) is 4.46. The lowest BCUT2D eigenvalue weighted by molar-refractivity contribution is -0.0938. The highest BCUT2D eigenvalue weighted by Gasteiger charge is 2.32.